The van der Waals surface area contributed by atoms with Gasteiger partial charge in [-0.1, -0.05) is 30.3 Å². The molecule has 21 heavy (non-hydrogen) atoms. The van der Waals surface area contributed by atoms with Gasteiger partial charge in [0.2, 0.25) is 0 Å². The van der Waals surface area contributed by atoms with Gasteiger partial charge in [-0.3, -0.25) is 4.90 Å². The number of alkyl halides is 1. The second-order valence-electron chi connectivity index (χ2n) is 5.41. The highest BCUT2D eigenvalue weighted by atomic mass is 35.5. The minimum absolute atomic E-state index is 0.220. The van der Waals surface area contributed by atoms with Crippen LogP contribution in [0.3, 0.4) is 0 Å². The number of piperazine rings is 1. The predicted molar refractivity (Wildman–Crippen MR) is 84.6 cm³/mol. The Morgan fingerprint density at radius 2 is 2.10 bits per heavy atom. The van der Waals surface area contributed by atoms with Crippen LogP contribution in [-0.4, -0.2) is 54.0 Å². The van der Waals surface area contributed by atoms with Crippen LogP contribution in [0.2, 0.25) is 0 Å². The first-order valence-electron chi connectivity index (χ1n) is 7.46. The zero-order valence-electron chi connectivity index (χ0n) is 12.5. The normalized spacial score (nSPS) is 19.5. The molecule has 1 fully saturated rings. The molecule has 2 rings (SSSR count). The maximum atomic E-state index is 12.1. The molecule has 1 aliphatic rings. The summed E-state index contributed by atoms with van der Waals surface area (Å²) < 4.78 is 5.38. The summed E-state index contributed by atoms with van der Waals surface area (Å²) in [5.74, 6) is 0.687. The number of rotatable bonds is 5. The Hall–Kier alpha value is -1.26. The Bertz CT molecular complexity index is 441. The molecule has 0 saturated carbocycles. The van der Waals surface area contributed by atoms with Crippen LogP contribution in [0.5, 0.6) is 0 Å². The van der Waals surface area contributed by atoms with Crippen molar-refractivity contribution in [3.05, 3.63) is 35.9 Å². The van der Waals surface area contributed by atoms with Crippen molar-refractivity contribution in [3.8, 4) is 0 Å². The lowest BCUT2D eigenvalue weighted by Gasteiger charge is -2.39. The molecule has 1 aromatic rings. The summed E-state index contributed by atoms with van der Waals surface area (Å²) in [7, 11) is 0. The maximum Gasteiger partial charge on any atom is 0.410 e. The van der Waals surface area contributed by atoms with E-state index in [0.29, 0.717) is 18.5 Å². The van der Waals surface area contributed by atoms with Crippen LogP contribution in [0.25, 0.3) is 0 Å². The summed E-state index contributed by atoms with van der Waals surface area (Å²) in [6.45, 7) is 5.80. The first-order chi connectivity index (χ1) is 10.2. The van der Waals surface area contributed by atoms with E-state index in [2.05, 4.69) is 11.8 Å². The predicted octanol–water partition coefficient (Wildman–Crippen LogP) is 2.96. The molecule has 0 unspecified atom stereocenters. The molecule has 0 radical (unpaired) electrons. The lowest BCUT2D eigenvalue weighted by atomic mass is 10.2. The topological polar surface area (TPSA) is 32.8 Å². The highest BCUT2D eigenvalue weighted by Crippen LogP contribution is 2.12. The van der Waals surface area contributed by atoms with E-state index in [1.54, 1.807) is 4.90 Å². The molecule has 1 atom stereocenters. The quantitative estimate of drug-likeness (QED) is 0.784. The molecule has 0 aliphatic carbocycles. The maximum absolute atomic E-state index is 12.1. The molecular weight excluding hydrogens is 288 g/mol. The number of carbonyl (C=O) groups is 1. The first-order valence-corrected chi connectivity index (χ1v) is 8.00. The van der Waals surface area contributed by atoms with Crippen LogP contribution in [-0.2, 0) is 11.3 Å². The van der Waals surface area contributed by atoms with E-state index in [1.165, 1.54) is 0 Å². The summed E-state index contributed by atoms with van der Waals surface area (Å²) in [5.41, 5.74) is 1.01. The van der Waals surface area contributed by atoms with Gasteiger partial charge < -0.3 is 9.64 Å². The second kappa shape index (κ2) is 8.25. The fourth-order valence-electron chi connectivity index (χ4n) is 2.57. The fourth-order valence-corrected chi connectivity index (χ4v) is 2.69. The van der Waals surface area contributed by atoms with Crippen molar-refractivity contribution >= 4 is 17.7 Å². The van der Waals surface area contributed by atoms with Crippen molar-refractivity contribution in [3.63, 3.8) is 0 Å². The summed E-state index contributed by atoms with van der Waals surface area (Å²) in [5, 5.41) is 0. The lowest BCUT2D eigenvalue weighted by Crippen LogP contribution is -2.53. The largest absolute Gasteiger partial charge is 0.445 e. The zero-order valence-corrected chi connectivity index (χ0v) is 13.3. The van der Waals surface area contributed by atoms with Gasteiger partial charge in [0.05, 0.1) is 0 Å². The lowest BCUT2D eigenvalue weighted by molar-refractivity contribution is 0.0519. The Kier molecular flexibility index (Phi) is 6.33. The Balaban J connectivity index is 1.76. The third-order valence-electron chi connectivity index (χ3n) is 3.81. The Labute approximate surface area is 131 Å². The minimum Gasteiger partial charge on any atom is -0.445 e. The molecule has 0 bridgehead atoms. The molecule has 1 aliphatic heterocycles. The molecule has 1 aromatic carbocycles. The van der Waals surface area contributed by atoms with Crippen molar-refractivity contribution in [2.24, 2.45) is 0 Å². The van der Waals surface area contributed by atoms with Crippen LogP contribution in [0.1, 0.15) is 18.9 Å². The molecule has 116 valence electrons. The minimum atomic E-state index is -0.220. The van der Waals surface area contributed by atoms with Crippen molar-refractivity contribution in [2.75, 3.05) is 32.1 Å². The summed E-state index contributed by atoms with van der Waals surface area (Å²) >= 11 is 5.74. The van der Waals surface area contributed by atoms with Gasteiger partial charge in [-0.05, 0) is 25.5 Å². The van der Waals surface area contributed by atoms with Gasteiger partial charge >= 0.3 is 6.09 Å². The van der Waals surface area contributed by atoms with E-state index in [9.17, 15) is 4.79 Å². The van der Waals surface area contributed by atoms with E-state index in [4.69, 9.17) is 16.3 Å². The van der Waals surface area contributed by atoms with Crippen molar-refractivity contribution in [2.45, 2.75) is 26.0 Å². The van der Waals surface area contributed by atoms with Crippen LogP contribution in [0.15, 0.2) is 30.3 Å². The standard InChI is InChI=1S/C16H23ClN2O2/c1-14-12-19(11-10-18(14)9-5-8-17)16(20)21-13-15-6-3-2-4-7-15/h2-4,6-7,14H,5,8-13H2,1H3/t14-/m0/s1. The van der Waals surface area contributed by atoms with Crippen LogP contribution in [0.4, 0.5) is 4.79 Å². The SMILES string of the molecule is C[C@H]1CN(C(=O)OCc2ccccc2)CCN1CCCCl. The number of nitrogens with zero attached hydrogens (tertiary/aromatic N) is 2. The third-order valence-corrected chi connectivity index (χ3v) is 4.07. The molecule has 0 aromatic heterocycles. The molecular formula is C16H23ClN2O2. The second-order valence-corrected chi connectivity index (χ2v) is 5.79. The number of ether oxygens (including phenoxy) is 1. The number of hydrogen-bond acceptors (Lipinski definition) is 3. The van der Waals surface area contributed by atoms with Gasteiger partial charge in [0, 0.05) is 31.6 Å². The van der Waals surface area contributed by atoms with Crippen molar-refractivity contribution in [1.82, 2.24) is 9.80 Å². The van der Waals surface area contributed by atoms with E-state index in [0.717, 1.165) is 38.2 Å². The fraction of sp³-hybridized carbons (Fsp3) is 0.562. The average molecular weight is 311 g/mol. The number of benzene rings is 1. The van der Waals surface area contributed by atoms with E-state index in [1.807, 2.05) is 30.3 Å². The van der Waals surface area contributed by atoms with Gasteiger partial charge in [-0.2, -0.15) is 0 Å². The first kappa shape index (κ1) is 16.1. The molecule has 1 saturated heterocycles. The molecule has 1 amide bonds. The number of hydrogen-bond donors (Lipinski definition) is 0. The number of amides is 1. The summed E-state index contributed by atoms with van der Waals surface area (Å²) in [6, 6.07) is 10.1. The van der Waals surface area contributed by atoms with Crippen LogP contribution in [0, 0.1) is 0 Å². The highest BCUT2D eigenvalue weighted by Gasteiger charge is 2.27. The van der Waals surface area contributed by atoms with E-state index in [-0.39, 0.29) is 6.09 Å². The zero-order chi connectivity index (χ0) is 15.1. The van der Waals surface area contributed by atoms with Gasteiger partial charge in [0.15, 0.2) is 0 Å². The van der Waals surface area contributed by atoms with Crippen LogP contribution < -0.4 is 0 Å². The average Bonchev–Trinajstić information content (AvgIpc) is 2.52. The van der Waals surface area contributed by atoms with Gasteiger partial charge in [0.1, 0.15) is 6.61 Å². The van der Waals surface area contributed by atoms with Crippen molar-refractivity contribution < 1.29 is 9.53 Å². The van der Waals surface area contributed by atoms with Gasteiger partial charge in [-0.15, -0.1) is 11.6 Å². The van der Waals surface area contributed by atoms with E-state index < -0.39 is 0 Å². The van der Waals surface area contributed by atoms with E-state index >= 15 is 0 Å². The smallest absolute Gasteiger partial charge is 0.410 e. The monoisotopic (exact) mass is 310 g/mol. The van der Waals surface area contributed by atoms with Gasteiger partial charge in [-0.25, -0.2) is 4.79 Å². The Morgan fingerprint density at radius 1 is 1.33 bits per heavy atom. The number of carbonyl (C=O) groups excluding carboxylic acids is 1. The summed E-state index contributed by atoms with van der Waals surface area (Å²) in [4.78, 5) is 16.3. The molecule has 0 N–H and O–H groups in total. The highest BCUT2D eigenvalue weighted by molar-refractivity contribution is 6.17. The van der Waals surface area contributed by atoms with Crippen LogP contribution >= 0.6 is 11.6 Å². The van der Waals surface area contributed by atoms with Crippen molar-refractivity contribution in [1.29, 1.82) is 0 Å². The summed E-state index contributed by atoms with van der Waals surface area (Å²) in [6.07, 6.45) is 0.771. The molecule has 4 nitrogen and oxygen atoms in total. The Morgan fingerprint density at radius 3 is 2.76 bits per heavy atom. The van der Waals surface area contributed by atoms with Gasteiger partial charge in [0.25, 0.3) is 0 Å². The molecule has 0 spiro atoms. The third kappa shape index (κ3) is 4.90. The molecule has 1 heterocycles. The molecule has 5 heteroatoms. The number of halogens is 1.